The number of hydrogen-bond donors (Lipinski definition) is 1. The lowest BCUT2D eigenvalue weighted by Gasteiger charge is -2.33. The Kier molecular flexibility index (Phi) is 4.68. The Morgan fingerprint density at radius 1 is 1.37 bits per heavy atom. The van der Waals surface area contributed by atoms with Crippen molar-refractivity contribution in [1.82, 2.24) is 0 Å². The van der Waals surface area contributed by atoms with Gasteiger partial charge in [0.2, 0.25) is 0 Å². The smallest absolute Gasteiger partial charge is 0.142 e. The zero-order chi connectivity index (χ0) is 14.0. The monoisotopic (exact) mass is 287 g/mol. The minimum atomic E-state index is -1.51. The number of nitrogens with two attached hydrogens (primary N) is 1. The van der Waals surface area contributed by atoms with Crippen LogP contribution in [0.4, 0.5) is 8.78 Å². The van der Waals surface area contributed by atoms with Gasteiger partial charge in [-0.2, -0.15) is 0 Å². The lowest BCUT2D eigenvalue weighted by atomic mass is 9.84. The zero-order valence-electron chi connectivity index (χ0n) is 10.9. The minimum absolute atomic E-state index is 0.0682. The molecule has 0 saturated heterocycles. The van der Waals surface area contributed by atoms with Gasteiger partial charge in [0, 0.05) is 12.1 Å². The highest BCUT2D eigenvalue weighted by atomic mass is 32.2. The van der Waals surface area contributed by atoms with Crippen LogP contribution in [0.25, 0.3) is 0 Å². The fraction of sp³-hybridized carbons (Fsp3) is 0.571. The average molecular weight is 287 g/mol. The maximum absolute atomic E-state index is 13.7. The Morgan fingerprint density at radius 2 is 2.11 bits per heavy atom. The van der Waals surface area contributed by atoms with E-state index in [9.17, 15) is 13.0 Å². The lowest BCUT2D eigenvalue weighted by Crippen LogP contribution is -2.43. The molecule has 0 amide bonds. The Labute approximate surface area is 114 Å². The summed E-state index contributed by atoms with van der Waals surface area (Å²) in [5, 5.41) is -0.237. The van der Waals surface area contributed by atoms with Crippen LogP contribution in [0.15, 0.2) is 23.1 Å². The van der Waals surface area contributed by atoms with E-state index in [0.29, 0.717) is 5.92 Å². The molecule has 0 aromatic heterocycles. The molecule has 4 atom stereocenters. The minimum Gasteiger partial charge on any atom is -0.327 e. The standard InChI is InChI=1S/C14H19F2NOS/c1-2-9-3-5-12(17)14(7-9)19(18)13-6-4-10(15)8-11(13)16/h4,6,8-9,12,14H,2-3,5,7,17H2,1H3. The molecule has 4 unspecified atom stereocenters. The Morgan fingerprint density at radius 3 is 2.74 bits per heavy atom. The van der Waals surface area contributed by atoms with Crippen molar-refractivity contribution in [1.29, 1.82) is 0 Å². The molecule has 2 rings (SSSR count). The van der Waals surface area contributed by atoms with E-state index in [1.165, 1.54) is 6.07 Å². The van der Waals surface area contributed by atoms with Crippen LogP contribution in [0.5, 0.6) is 0 Å². The molecule has 0 spiro atoms. The average Bonchev–Trinajstić information content (AvgIpc) is 2.38. The first kappa shape index (κ1) is 14.6. The highest BCUT2D eigenvalue weighted by Crippen LogP contribution is 2.31. The van der Waals surface area contributed by atoms with Gasteiger partial charge in [0.15, 0.2) is 0 Å². The van der Waals surface area contributed by atoms with E-state index < -0.39 is 22.4 Å². The molecule has 1 aromatic carbocycles. The molecule has 1 fully saturated rings. The fourth-order valence-electron chi connectivity index (χ4n) is 2.65. The maximum atomic E-state index is 13.7. The van der Waals surface area contributed by atoms with Gasteiger partial charge < -0.3 is 5.73 Å². The van der Waals surface area contributed by atoms with Crippen LogP contribution in [-0.4, -0.2) is 15.5 Å². The van der Waals surface area contributed by atoms with Crippen molar-refractivity contribution in [2.45, 2.75) is 48.8 Å². The van der Waals surface area contributed by atoms with E-state index in [1.807, 2.05) is 0 Å². The summed E-state index contributed by atoms with van der Waals surface area (Å²) in [6.45, 7) is 2.10. The predicted molar refractivity (Wildman–Crippen MR) is 72.2 cm³/mol. The largest absolute Gasteiger partial charge is 0.327 e. The molecular formula is C14H19F2NOS. The molecule has 19 heavy (non-hydrogen) atoms. The second kappa shape index (κ2) is 6.09. The third kappa shape index (κ3) is 3.20. The Balaban J connectivity index is 2.22. The summed E-state index contributed by atoms with van der Waals surface area (Å²) in [4.78, 5) is 0.0682. The van der Waals surface area contributed by atoms with Crippen molar-refractivity contribution in [2.24, 2.45) is 11.7 Å². The Bertz CT molecular complexity index is 481. The molecule has 1 aromatic rings. The summed E-state index contributed by atoms with van der Waals surface area (Å²) in [6.07, 6.45) is 3.63. The van der Waals surface area contributed by atoms with E-state index in [4.69, 9.17) is 5.73 Å². The first-order chi connectivity index (χ1) is 9.02. The van der Waals surface area contributed by atoms with Gasteiger partial charge in [0.1, 0.15) is 11.6 Å². The first-order valence-corrected chi connectivity index (χ1v) is 7.85. The van der Waals surface area contributed by atoms with Crippen LogP contribution in [0, 0.1) is 17.6 Å². The summed E-state index contributed by atoms with van der Waals surface area (Å²) < 4.78 is 39.0. The number of benzene rings is 1. The summed E-state index contributed by atoms with van der Waals surface area (Å²) >= 11 is 0. The van der Waals surface area contributed by atoms with Crippen LogP contribution < -0.4 is 5.73 Å². The molecule has 0 radical (unpaired) electrons. The topological polar surface area (TPSA) is 43.1 Å². The van der Waals surface area contributed by atoms with Crippen molar-refractivity contribution in [3.8, 4) is 0 Å². The zero-order valence-corrected chi connectivity index (χ0v) is 11.8. The molecule has 0 heterocycles. The summed E-state index contributed by atoms with van der Waals surface area (Å²) in [7, 11) is -1.51. The predicted octanol–water partition coefficient (Wildman–Crippen LogP) is 2.98. The second-order valence-corrected chi connectivity index (χ2v) is 6.80. The van der Waals surface area contributed by atoms with Gasteiger partial charge in [-0.25, -0.2) is 8.78 Å². The molecule has 0 bridgehead atoms. The molecule has 106 valence electrons. The molecule has 5 heteroatoms. The number of rotatable bonds is 3. The van der Waals surface area contributed by atoms with Crippen molar-refractivity contribution < 1.29 is 13.0 Å². The summed E-state index contributed by atoms with van der Waals surface area (Å²) in [5.41, 5.74) is 6.02. The number of hydrogen-bond acceptors (Lipinski definition) is 2. The fourth-order valence-corrected chi connectivity index (χ4v) is 4.33. The molecule has 1 aliphatic carbocycles. The molecule has 0 aliphatic heterocycles. The van der Waals surface area contributed by atoms with Gasteiger partial charge in [-0.05, 0) is 37.3 Å². The quantitative estimate of drug-likeness (QED) is 0.928. The van der Waals surface area contributed by atoms with Gasteiger partial charge in [0.05, 0.1) is 20.9 Å². The normalized spacial score (nSPS) is 29.2. The first-order valence-electron chi connectivity index (χ1n) is 6.64. The molecule has 2 nitrogen and oxygen atoms in total. The van der Waals surface area contributed by atoms with Crippen LogP contribution in [0.1, 0.15) is 32.6 Å². The van der Waals surface area contributed by atoms with E-state index in [1.54, 1.807) is 0 Å². The second-order valence-electron chi connectivity index (χ2n) is 5.16. The highest BCUT2D eigenvalue weighted by Gasteiger charge is 2.33. The van der Waals surface area contributed by atoms with Crippen molar-refractivity contribution in [2.75, 3.05) is 0 Å². The van der Waals surface area contributed by atoms with Crippen molar-refractivity contribution in [3.05, 3.63) is 29.8 Å². The van der Waals surface area contributed by atoms with Gasteiger partial charge in [0.25, 0.3) is 0 Å². The van der Waals surface area contributed by atoms with E-state index in [0.717, 1.165) is 37.8 Å². The molecule has 1 aliphatic rings. The summed E-state index contributed by atoms with van der Waals surface area (Å²) in [5.74, 6) is -0.904. The van der Waals surface area contributed by atoms with Gasteiger partial charge >= 0.3 is 0 Å². The van der Waals surface area contributed by atoms with Crippen molar-refractivity contribution in [3.63, 3.8) is 0 Å². The van der Waals surface area contributed by atoms with Gasteiger partial charge in [-0.3, -0.25) is 4.21 Å². The maximum Gasteiger partial charge on any atom is 0.142 e. The van der Waals surface area contributed by atoms with E-state index in [2.05, 4.69) is 6.92 Å². The SMILES string of the molecule is CCC1CCC(N)C(S(=O)c2ccc(F)cc2F)C1. The van der Waals surface area contributed by atoms with Gasteiger partial charge in [-0.15, -0.1) is 0 Å². The summed E-state index contributed by atoms with van der Waals surface area (Å²) in [6, 6.07) is 3.01. The van der Waals surface area contributed by atoms with E-state index >= 15 is 0 Å². The highest BCUT2D eigenvalue weighted by molar-refractivity contribution is 7.85. The lowest BCUT2D eigenvalue weighted by molar-refractivity contribution is 0.323. The van der Waals surface area contributed by atoms with E-state index in [-0.39, 0.29) is 16.2 Å². The molecule has 2 N–H and O–H groups in total. The van der Waals surface area contributed by atoms with Crippen LogP contribution in [0.2, 0.25) is 0 Å². The van der Waals surface area contributed by atoms with Crippen LogP contribution in [-0.2, 0) is 10.8 Å². The molecular weight excluding hydrogens is 268 g/mol. The Hall–Kier alpha value is -0.810. The number of halogens is 2. The van der Waals surface area contributed by atoms with Crippen LogP contribution >= 0.6 is 0 Å². The third-order valence-electron chi connectivity index (χ3n) is 3.91. The van der Waals surface area contributed by atoms with Gasteiger partial charge in [-0.1, -0.05) is 13.3 Å². The van der Waals surface area contributed by atoms with Crippen molar-refractivity contribution >= 4 is 10.8 Å². The van der Waals surface area contributed by atoms with Crippen LogP contribution in [0.3, 0.4) is 0 Å². The third-order valence-corrected chi connectivity index (χ3v) is 5.77. The molecule has 1 saturated carbocycles.